The van der Waals surface area contributed by atoms with Gasteiger partial charge in [0.05, 0.1) is 6.04 Å². The van der Waals surface area contributed by atoms with Gasteiger partial charge in [0.2, 0.25) is 5.91 Å². The topological polar surface area (TPSA) is 41.1 Å². The Labute approximate surface area is 127 Å². The van der Waals surface area contributed by atoms with Crippen molar-refractivity contribution >= 4 is 5.91 Å². The third kappa shape index (κ3) is 5.12. The smallest absolute Gasteiger partial charge is 0.237 e. The Kier molecular flexibility index (Phi) is 5.90. The summed E-state index contributed by atoms with van der Waals surface area (Å²) in [6.45, 7) is 11.9. The van der Waals surface area contributed by atoms with Crippen LogP contribution in [0.2, 0.25) is 0 Å². The molecule has 1 aromatic rings. The lowest BCUT2D eigenvalue weighted by Crippen LogP contribution is -2.50. The minimum absolute atomic E-state index is 0.0163. The number of carbonyl (C=O) groups excluding carboxylic acids is 1. The Hall–Kier alpha value is -1.42. The van der Waals surface area contributed by atoms with Crippen LogP contribution >= 0.6 is 0 Å². The number of nitrogens with one attached hydrogen (secondary N) is 2. The SMILES string of the molecule is CCC(C)(C)NC(=O)C(C)NCc1cc(C)c(F)c(C)c1. The number of hydrogen-bond donors (Lipinski definition) is 2. The van der Waals surface area contributed by atoms with Crippen molar-refractivity contribution in [2.24, 2.45) is 0 Å². The second kappa shape index (κ2) is 7.03. The van der Waals surface area contributed by atoms with Crippen LogP contribution < -0.4 is 10.6 Å². The molecule has 0 bridgehead atoms. The first-order chi connectivity index (χ1) is 9.66. The molecule has 1 aromatic carbocycles. The lowest BCUT2D eigenvalue weighted by Gasteiger charge is -2.26. The lowest BCUT2D eigenvalue weighted by atomic mass is 10.0. The molecule has 1 atom stereocenters. The monoisotopic (exact) mass is 294 g/mol. The number of halogens is 1. The molecule has 0 saturated heterocycles. The van der Waals surface area contributed by atoms with Crippen LogP contribution in [-0.2, 0) is 11.3 Å². The fraction of sp³-hybridized carbons (Fsp3) is 0.588. The second-order valence-corrected chi connectivity index (χ2v) is 6.37. The molecule has 0 aromatic heterocycles. The van der Waals surface area contributed by atoms with E-state index in [0.29, 0.717) is 17.7 Å². The molecule has 2 N–H and O–H groups in total. The maximum absolute atomic E-state index is 13.6. The number of benzene rings is 1. The predicted octanol–water partition coefficient (Wildman–Crippen LogP) is 3.23. The standard InChI is InChI=1S/C17H27FN2O/c1-7-17(5,6)20-16(21)13(4)19-10-14-8-11(2)15(18)12(3)9-14/h8-9,13,19H,7,10H2,1-6H3,(H,20,21). The number of carbonyl (C=O) groups is 1. The van der Waals surface area contributed by atoms with Gasteiger partial charge in [-0.05, 0) is 57.7 Å². The normalized spacial score (nSPS) is 13.1. The highest BCUT2D eigenvalue weighted by Crippen LogP contribution is 2.14. The van der Waals surface area contributed by atoms with Crippen LogP contribution in [0.5, 0.6) is 0 Å². The van der Waals surface area contributed by atoms with E-state index in [2.05, 4.69) is 10.6 Å². The predicted molar refractivity (Wildman–Crippen MR) is 84.7 cm³/mol. The molecule has 21 heavy (non-hydrogen) atoms. The van der Waals surface area contributed by atoms with Gasteiger partial charge in [-0.15, -0.1) is 0 Å². The Morgan fingerprint density at radius 2 is 1.81 bits per heavy atom. The fourth-order valence-corrected chi connectivity index (χ4v) is 2.03. The number of amides is 1. The Morgan fingerprint density at radius 1 is 1.29 bits per heavy atom. The van der Waals surface area contributed by atoms with E-state index in [1.807, 2.05) is 39.8 Å². The summed E-state index contributed by atoms with van der Waals surface area (Å²) in [6, 6.07) is 3.34. The highest BCUT2D eigenvalue weighted by atomic mass is 19.1. The Bertz CT molecular complexity index is 489. The van der Waals surface area contributed by atoms with Crippen LogP contribution in [0.3, 0.4) is 0 Å². The number of rotatable bonds is 6. The molecule has 118 valence electrons. The van der Waals surface area contributed by atoms with E-state index in [1.54, 1.807) is 13.8 Å². The third-order valence-corrected chi connectivity index (χ3v) is 3.85. The van der Waals surface area contributed by atoms with Gasteiger partial charge in [0.25, 0.3) is 0 Å². The molecule has 0 heterocycles. The van der Waals surface area contributed by atoms with Crippen molar-refractivity contribution in [1.82, 2.24) is 10.6 Å². The zero-order valence-electron chi connectivity index (χ0n) is 13.9. The summed E-state index contributed by atoms with van der Waals surface area (Å²) < 4.78 is 13.6. The molecule has 1 unspecified atom stereocenters. The molecule has 4 heteroatoms. The van der Waals surface area contributed by atoms with E-state index in [9.17, 15) is 9.18 Å². The molecule has 0 radical (unpaired) electrons. The summed E-state index contributed by atoms with van der Waals surface area (Å²) >= 11 is 0. The molecule has 0 fully saturated rings. The highest BCUT2D eigenvalue weighted by Gasteiger charge is 2.21. The summed E-state index contributed by atoms with van der Waals surface area (Å²) in [5.74, 6) is -0.174. The average Bonchev–Trinajstić information content (AvgIpc) is 2.41. The summed E-state index contributed by atoms with van der Waals surface area (Å²) in [4.78, 5) is 12.1. The first kappa shape index (κ1) is 17.6. The summed E-state index contributed by atoms with van der Waals surface area (Å²) in [6.07, 6.45) is 0.877. The zero-order valence-corrected chi connectivity index (χ0v) is 13.9. The van der Waals surface area contributed by atoms with Gasteiger partial charge in [-0.2, -0.15) is 0 Å². The van der Waals surface area contributed by atoms with Gasteiger partial charge in [0.15, 0.2) is 0 Å². The Morgan fingerprint density at radius 3 is 2.29 bits per heavy atom. The molecule has 0 aliphatic heterocycles. The van der Waals surface area contributed by atoms with Crippen molar-refractivity contribution in [3.8, 4) is 0 Å². The van der Waals surface area contributed by atoms with Crippen LogP contribution in [-0.4, -0.2) is 17.5 Å². The van der Waals surface area contributed by atoms with E-state index in [1.165, 1.54) is 0 Å². The van der Waals surface area contributed by atoms with Crippen LogP contribution in [0, 0.1) is 19.7 Å². The maximum atomic E-state index is 13.6. The molecule has 3 nitrogen and oxygen atoms in total. The molecular weight excluding hydrogens is 267 g/mol. The van der Waals surface area contributed by atoms with E-state index in [0.717, 1.165) is 12.0 Å². The third-order valence-electron chi connectivity index (χ3n) is 3.85. The van der Waals surface area contributed by atoms with Crippen LogP contribution in [0.1, 0.15) is 50.8 Å². The first-order valence-electron chi connectivity index (χ1n) is 7.47. The first-order valence-corrected chi connectivity index (χ1v) is 7.47. The van der Waals surface area contributed by atoms with Gasteiger partial charge in [-0.25, -0.2) is 4.39 Å². The molecule has 0 saturated carbocycles. The highest BCUT2D eigenvalue weighted by molar-refractivity contribution is 5.81. The molecular formula is C17H27FN2O. The molecule has 0 spiro atoms. The number of aryl methyl sites for hydroxylation is 2. The average molecular weight is 294 g/mol. The van der Waals surface area contributed by atoms with Crippen molar-refractivity contribution < 1.29 is 9.18 Å². The van der Waals surface area contributed by atoms with Gasteiger partial charge in [-0.3, -0.25) is 4.79 Å². The van der Waals surface area contributed by atoms with Crippen molar-refractivity contribution in [2.75, 3.05) is 0 Å². The van der Waals surface area contributed by atoms with E-state index < -0.39 is 0 Å². The van der Waals surface area contributed by atoms with Crippen LogP contribution in [0.4, 0.5) is 4.39 Å². The quantitative estimate of drug-likeness (QED) is 0.846. The summed E-state index contributed by atoms with van der Waals surface area (Å²) in [7, 11) is 0. The van der Waals surface area contributed by atoms with Gasteiger partial charge in [0.1, 0.15) is 5.82 Å². The van der Waals surface area contributed by atoms with Gasteiger partial charge < -0.3 is 10.6 Å². The zero-order chi connectivity index (χ0) is 16.2. The van der Waals surface area contributed by atoms with Crippen molar-refractivity contribution in [1.29, 1.82) is 0 Å². The van der Waals surface area contributed by atoms with Gasteiger partial charge in [-0.1, -0.05) is 19.1 Å². The van der Waals surface area contributed by atoms with Crippen molar-refractivity contribution in [3.63, 3.8) is 0 Å². The molecule has 1 amide bonds. The minimum Gasteiger partial charge on any atom is -0.350 e. The molecule has 0 aliphatic carbocycles. The summed E-state index contributed by atoms with van der Waals surface area (Å²) in [5.41, 5.74) is 2.06. The Balaban J connectivity index is 2.61. The lowest BCUT2D eigenvalue weighted by molar-refractivity contribution is -0.124. The van der Waals surface area contributed by atoms with Crippen LogP contribution in [0.15, 0.2) is 12.1 Å². The van der Waals surface area contributed by atoms with Gasteiger partial charge >= 0.3 is 0 Å². The van der Waals surface area contributed by atoms with Crippen molar-refractivity contribution in [3.05, 3.63) is 34.6 Å². The van der Waals surface area contributed by atoms with E-state index in [-0.39, 0.29) is 23.3 Å². The van der Waals surface area contributed by atoms with E-state index >= 15 is 0 Å². The molecule has 0 aliphatic rings. The maximum Gasteiger partial charge on any atom is 0.237 e. The van der Waals surface area contributed by atoms with Crippen LogP contribution in [0.25, 0.3) is 0 Å². The second-order valence-electron chi connectivity index (χ2n) is 6.37. The molecule has 1 rings (SSSR count). The summed E-state index contributed by atoms with van der Waals surface area (Å²) in [5, 5.41) is 6.20. The number of hydrogen-bond acceptors (Lipinski definition) is 2. The fourth-order valence-electron chi connectivity index (χ4n) is 2.03. The van der Waals surface area contributed by atoms with E-state index in [4.69, 9.17) is 0 Å². The minimum atomic E-state index is -0.290. The largest absolute Gasteiger partial charge is 0.350 e. The van der Waals surface area contributed by atoms with Crippen molar-refractivity contribution in [2.45, 2.75) is 66.1 Å². The van der Waals surface area contributed by atoms with Gasteiger partial charge in [0, 0.05) is 12.1 Å².